The van der Waals surface area contributed by atoms with E-state index in [1.165, 1.54) is 11.0 Å². The first-order valence-electron chi connectivity index (χ1n) is 6.19. The molecular weight excluding hydrogens is 242 g/mol. The SMILES string of the molecule is C=CC(=O)N(C)C.CCC/C(=C(/C)C(N)=O)N(C)C. The van der Waals surface area contributed by atoms with E-state index < -0.39 is 0 Å². The highest BCUT2D eigenvalue weighted by Gasteiger charge is 2.07. The van der Waals surface area contributed by atoms with Gasteiger partial charge >= 0.3 is 0 Å². The second kappa shape index (κ2) is 10.2. The predicted octanol–water partition coefficient (Wildman–Crippen LogP) is 1.37. The van der Waals surface area contributed by atoms with Crippen LogP contribution in [0.25, 0.3) is 0 Å². The third kappa shape index (κ3) is 8.88. The lowest BCUT2D eigenvalue weighted by Gasteiger charge is -2.18. The van der Waals surface area contributed by atoms with Crippen molar-refractivity contribution in [2.24, 2.45) is 5.73 Å². The van der Waals surface area contributed by atoms with Crippen LogP contribution in [-0.4, -0.2) is 49.8 Å². The highest BCUT2D eigenvalue weighted by Crippen LogP contribution is 2.12. The highest BCUT2D eigenvalue weighted by atomic mass is 16.2. The van der Waals surface area contributed by atoms with Crippen LogP contribution in [0, 0.1) is 0 Å². The lowest BCUT2D eigenvalue weighted by atomic mass is 10.1. The van der Waals surface area contributed by atoms with Gasteiger partial charge in [-0.05, 0) is 19.4 Å². The molecule has 5 heteroatoms. The monoisotopic (exact) mass is 269 g/mol. The molecule has 0 rings (SSSR count). The minimum atomic E-state index is -0.327. The smallest absolute Gasteiger partial charge is 0.246 e. The zero-order valence-corrected chi connectivity index (χ0v) is 13.0. The molecule has 0 aliphatic rings. The second-order valence-corrected chi connectivity index (χ2v) is 4.52. The first kappa shape index (κ1) is 19.6. The van der Waals surface area contributed by atoms with Gasteiger partial charge in [0.2, 0.25) is 11.8 Å². The van der Waals surface area contributed by atoms with Crippen LogP contribution in [-0.2, 0) is 9.59 Å². The summed E-state index contributed by atoms with van der Waals surface area (Å²) < 4.78 is 0. The Hall–Kier alpha value is -1.78. The Morgan fingerprint density at radius 1 is 1.16 bits per heavy atom. The summed E-state index contributed by atoms with van der Waals surface area (Å²) in [6, 6.07) is 0. The van der Waals surface area contributed by atoms with Crippen LogP contribution in [0.5, 0.6) is 0 Å². The Balaban J connectivity index is 0. The molecule has 0 aromatic rings. The molecule has 0 spiro atoms. The average Bonchev–Trinajstić information content (AvgIpc) is 2.34. The molecule has 110 valence electrons. The van der Waals surface area contributed by atoms with Crippen LogP contribution in [0.4, 0.5) is 0 Å². The molecule has 0 fully saturated rings. The topological polar surface area (TPSA) is 66.6 Å². The minimum absolute atomic E-state index is 0.0556. The summed E-state index contributed by atoms with van der Waals surface area (Å²) in [5, 5.41) is 0. The van der Waals surface area contributed by atoms with Gasteiger partial charge in [0.1, 0.15) is 0 Å². The molecule has 0 aromatic heterocycles. The predicted molar refractivity (Wildman–Crippen MR) is 79.4 cm³/mol. The number of nitrogens with zero attached hydrogens (tertiary/aromatic N) is 2. The Bertz CT molecular complexity index is 345. The van der Waals surface area contributed by atoms with E-state index in [1.807, 2.05) is 19.0 Å². The summed E-state index contributed by atoms with van der Waals surface area (Å²) in [6.07, 6.45) is 3.21. The van der Waals surface area contributed by atoms with Crippen molar-refractivity contribution >= 4 is 11.8 Å². The summed E-state index contributed by atoms with van der Waals surface area (Å²) in [4.78, 5) is 24.6. The molecule has 0 atom stereocenters. The van der Waals surface area contributed by atoms with E-state index in [1.54, 1.807) is 21.0 Å². The van der Waals surface area contributed by atoms with Gasteiger partial charge in [0.15, 0.2) is 0 Å². The third-order valence-corrected chi connectivity index (χ3v) is 2.44. The maximum atomic E-state index is 10.9. The van der Waals surface area contributed by atoms with E-state index >= 15 is 0 Å². The van der Waals surface area contributed by atoms with E-state index in [2.05, 4.69) is 13.5 Å². The Kier molecular flexibility index (Phi) is 10.5. The van der Waals surface area contributed by atoms with Crippen molar-refractivity contribution in [3.63, 3.8) is 0 Å². The number of nitrogens with two attached hydrogens (primary N) is 1. The van der Waals surface area contributed by atoms with E-state index in [9.17, 15) is 9.59 Å². The molecule has 0 saturated heterocycles. The van der Waals surface area contributed by atoms with Gasteiger partial charge in [-0.15, -0.1) is 0 Å². The van der Waals surface area contributed by atoms with Crippen molar-refractivity contribution in [3.05, 3.63) is 23.9 Å². The van der Waals surface area contributed by atoms with Gasteiger partial charge in [-0.2, -0.15) is 0 Å². The second-order valence-electron chi connectivity index (χ2n) is 4.52. The van der Waals surface area contributed by atoms with Crippen LogP contribution in [0.15, 0.2) is 23.9 Å². The fourth-order valence-electron chi connectivity index (χ4n) is 1.31. The van der Waals surface area contributed by atoms with Crippen molar-refractivity contribution in [3.8, 4) is 0 Å². The number of carbonyl (C=O) groups excluding carboxylic acids is 2. The first-order valence-corrected chi connectivity index (χ1v) is 6.19. The quantitative estimate of drug-likeness (QED) is 0.767. The van der Waals surface area contributed by atoms with Crippen LogP contribution >= 0.6 is 0 Å². The van der Waals surface area contributed by atoms with Gasteiger partial charge in [-0.1, -0.05) is 19.9 Å². The summed E-state index contributed by atoms with van der Waals surface area (Å²) in [7, 11) is 7.23. The molecule has 0 aliphatic heterocycles. The molecule has 0 saturated carbocycles. The van der Waals surface area contributed by atoms with Crippen LogP contribution < -0.4 is 5.73 Å². The van der Waals surface area contributed by atoms with Crippen LogP contribution in [0.2, 0.25) is 0 Å². The molecule has 0 aliphatic carbocycles. The van der Waals surface area contributed by atoms with E-state index in [0.29, 0.717) is 5.57 Å². The summed E-state index contributed by atoms with van der Waals surface area (Å²) >= 11 is 0. The van der Waals surface area contributed by atoms with Crippen LogP contribution in [0.3, 0.4) is 0 Å². The maximum absolute atomic E-state index is 10.9. The van der Waals surface area contributed by atoms with Crippen molar-refractivity contribution in [1.82, 2.24) is 9.80 Å². The Morgan fingerprint density at radius 2 is 1.63 bits per heavy atom. The van der Waals surface area contributed by atoms with Crippen molar-refractivity contribution < 1.29 is 9.59 Å². The Labute approximate surface area is 116 Å². The van der Waals surface area contributed by atoms with Crippen LogP contribution in [0.1, 0.15) is 26.7 Å². The number of hydrogen-bond acceptors (Lipinski definition) is 3. The number of amides is 2. The average molecular weight is 269 g/mol. The molecule has 0 bridgehead atoms. The molecule has 0 unspecified atom stereocenters. The fraction of sp³-hybridized carbons (Fsp3) is 0.571. The van der Waals surface area contributed by atoms with E-state index in [4.69, 9.17) is 5.73 Å². The first-order chi connectivity index (χ1) is 8.68. The fourth-order valence-corrected chi connectivity index (χ4v) is 1.31. The zero-order chi connectivity index (χ0) is 15.6. The van der Waals surface area contributed by atoms with Gasteiger partial charge in [-0.3, -0.25) is 9.59 Å². The third-order valence-electron chi connectivity index (χ3n) is 2.44. The lowest BCUT2D eigenvalue weighted by Crippen LogP contribution is -2.20. The maximum Gasteiger partial charge on any atom is 0.246 e. The zero-order valence-electron chi connectivity index (χ0n) is 13.0. The summed E-state index contributed by atoms with van der Waals surface area (Å²) in [6.45, 7) is 7.14. The largest absolute Gasteiger partial charge is 0.381 e. The van der Waals surface area contributed by atoms with Crippen molar-refractivity contribution in [2.75, 3.05) is 28.2 Å². The lowest BCUT2D eigenvalue weighted by molar-refractivity contribution is -0.123. The van der Waals surface area contributed by atoms with Gasteiger partial charge in [-0.25, -0.2) is 0 Å². The number of rotatable bonds is 5. The summed E-state index contributed by atoms with van der Waals surface area (Å²) in [5.41, 5.74) is 6.88. The minimum Gasteiger partial charge on any atom is -0.381 e. The number of hydrogen-bond donors (Lipinski definition) is 1. The highest BCUT2D eigenvalue weighted by molar-refractivity contribution is 5.91. The number of likely N-dealkylation sites (N-methyl/N-ethyl adjacent to an activating group) is 1. The molecule has 0 heterocycles. The number of carbonyl (C=O) groups is 2. The van der Waals surface area contributed by atoms with Crippen molar-refractivity contribution in [2.45, 2.75) is 26.7 Å². The van der Waals surface area contributed by atoms with Gasteiger partial charge in [0.05, 0.1) is 0 Å². The molecule has 0 aromatic carbocycles. The number of allylic oxidation sites excluding steroid dienone is 1. The van der Waals surface area contributed by atoms with Gasteiger partial charge in [0.25, 0.3) is 0 Å². The number of primary amides is 1. The normalized spacial score (nSPS) is 10.6. The molecule has 2 N–H and O–H groups in total. The molecule has 19 heavy (non-hydrogen) atoms. The molecular formula is C14H27N3O2. The van der Waals surface area contributed by atoms with E-state index in [-0.39, 0.29) is 11.8 Å². The van der Waals surface area contributed by atoms with Crippen molar-refractivity contribution in [1.29, 1.82) is 0 Å². The van der Waals surface area contributed by atoms with E-state index in [0.717, 1.165) is 18.5 Å². The van der Waals surface area contributed by atoms with Gasteiger partial charge < -0.3 is 15.5 Å². The van der Waals surface area contributed by atoms with Gasteiger partial charge in [0, 0.05) is 39.5 Å². The molecule has 5 nitrogen and oxygen atoms in total. The molecule has 0 radical (unpaired) electrons. The standard InChI is InChI=1S/C9H18N2O.C5H9NO/c1-5-6-8(11(3)4)7(2)9(10)12;1-4-5(7)6(2)3/h5-6H2,1-4H3,(H2,10,12);4H,1H2,2-3H3/b8-7+;. The summed E-state index contributed by atoms with van der Waals surface area (Å²) in [5.74, 6) is -0.382. The Morgan fingerprint density at radius 3 is 1.79 bits per heavy atom. The molecule has 2 amide bonds.